The molecule has 1 N–H and O–H groups in total. The lowest BCUT2D eigenvalue weighted by Crippen LogP contribution is -2.15. The van der Waals surface area contributed by atoms with Gasteiger partial charge in [0.25, 0.3) is 5.91 Å². The normalized spacial score (nSPS) is 11.0. The highest BCUT2D eigenvalue weighted by atomic mass is 16.2. The van der Waals surface area contributed by atoms with Crippen LogP contribution in [0.25, 0.3) is 0 Å². The predicted octanol–water partition coefficient (Wildman–Crippen LogP) is 3.06. The fraction of sp³-hybridized carbons (Fsp3) is 0.350. The number of aromatic nitrogens is 2. The number of ketones is 1. The van der Waals surface area contributed by atoms with Gasteiger partial charge in [-0.25, -0.2) is 0 Å². The lowest BCUT2D eigenvalue weighted by Gasteiger charge is -2.13. The number of carbonyl (C=O) groups excluding carboxylic acids is 2. The summed E-state index contributed by atoms with van der Waals surface area (Å²) in [5, 5.41) is 7.18. The van der Waals surface area contributed by atoms with E-state index in [1.54, 1.807) is 18.1 Å². The number of hydrogen-bond donors (Lipinski definition) is 1. The molecule has 2 rings (SSSR count). The molecule has 6 heteroatoms. The molecule has 2 aromatic rings. The Kier molecular flexibility index (Phi) is 6.33. The van der Waals surface area contributed by atoms with Crippen molar-refractivity contribution in [2.75, 3.05) is 19.4 Å². The zero-order chi connectivity index (χ0) is 19.3. The smallest absolute Gasteiger partial charge is 0.276 e. The Balaban J connectivity index is 2.27. The van der Waals surface area contributed by atoms with Crippen molar-refractivity contribution >= 4 is 17.4 Å². The minimum atomic E-state index is -0.313. The first-order chi connectivity index (χ1) is 12.4. The van der Waals surface area contributed by atoms with Crippen molar-refractivity contribution in [3.8, 4) is 0 Å². The van der Waals surface area contributed by atoms with Gasteiger partial charge in [-0.3, -0.25) is 14.3 Å². The number of hydrogen-bond acceptors (Lipinski definition) is 4. The molecule has 0 unspecified atom stereocenters. The summed E-state index contributed by atoms with van der Waals surface area (Å²) in [6.45, 7) is 4.11. The van der Waals surface area contributed by atoms with Crippen LogP contribution in [-0.2, 0) is 19.9 Å². The van der Waals surface area contributed by atoms with Gasteiger partial charge in [0.2, 0.25) is 5.78 Å². The summed E-state index contributed by atoms with van der Waals surface area (Å²) in [5.74, 6) is -0.511. The second kappa shape index (κ2) is 8.47. The first-order valence-corrected chi connectivity index (χ1v) is 8.72. The van der Waals surface area contributed by atoms with Crippen LogP contribution in [0.3, 0.4) is 0 Å². The van der Waals surface area contributed by atoms with E-state index in [9.17, 15) is 9.59 Å². The minimum Gasteiger partial charge on any atom is -0.383 e. The van der Waals surface area contributed by atoms with E-state index >= 15 is 0 Å². The van der Waals surface area contributed by atoms with Gasteiger partial charge in [-0.15, -0.1) is 0 Å². The van der Waals surface area contributed by atoms with E-state index in [1.165, 1.54) is 16.8 Å². The van der Waals surface area contributed by atoms with Crippen LogP contribution in [0.2, 0.25) is 0 Å². The fourth-order valence-electron chi connectivity index (χ4n) is 2.69. The van der Waals surface area contributed by atoms with E-state index in [1.807, 2.05) is 32.3 Å². The van der Waals surface area contributed by atoms with Crippen molar-refractivity contribution in [1.29, 1.82) is 0 Å². The second-order valence-electron chi connectivity index (χ2n) is 6.29. The average molecular weight is 354 g/mol. The summed E-state index contributed by atoms with van der Waals surface area (Å²) in [5.41, 5.74) is 3.60. The fourth-order valence-corrected chi connectivity index (χ4v) is 2.69. The Morgan fingerprint density at radius 1 is 1.19 bits per heavy atom. The zero-order valence-corrected chi connectivity index (χ0v) is 16.0. The van der Waals surface area contributed by atoms with E-state index in [2.05, 4.69) is 24.3 Å². The van der Waals surface area contributed by atoms with E-state index < -0.39 is 0 Å². The second-order valence-corrected chi connectivity index (χ2v) is 6.29. The van der Waals surface area contributed by atoms with Crippen LogP contribution in [0.5, 0.6) is 0 Å². The standard InChI is InChI=1S/C20H26N4O2/c1-6-14-9-8-10-15(7-2)19(14)21-20(26)16-13-17(24(5)22-16)18(25)11-12-23(3)4/h8-13H,6-7H2,1-5H3,(H,21,26)/b12-11+. The van der Waals surface area contributed by atoms with Crippen LogP contribution in [0, 0.1) is 0 Å². The molecule has 0 aliphatic carbocycles. The summed E-state index contributed by atoms with van der Waals surface area (Å²) in [6.07, 6.45) is 4.77. The molecule has 1 aromatic heterocycles. The topological polar surface area (TPSA) is 67.2 Å². The van der Waals surface area contributed by atoms with Gasteiger partial charge < -0.3 is 10.2 Å². The van der Waals surface area contributed by atoms with Crippen LogP contribution >= 0.6 is 0 Å². The SMILES string of the molecule is CCc1cccc(CC)c1NC(=O)c1cc(C(=O)/C=C/N(C)C)n(C)n1. The van der Waals surface area contributed by atoms with Gasteiger partial charge in [-0.1, -0.05) is 32.0 Å². The summed E-state index contributed by atoms with van der Waals surface area (Å²) >= 11 is 0. The Labute approximate surface area is 154 Å². The van der Waals surface area contributed by atoms with Gasteiger partial charge in [0.15, 0.2) is 5.69 Å². The van der Waals surface area contributed by atoms with Gasteiger partial charge in [-0.05, 0) is 24.0 Å². The van der Waals surface area contributed by atoms with E-state index in [0.717, 1.165) is 29.7 Å². The molecule has 0 saturated carbocycles. The number of anilines is 1. The largest absolute Gasteiger partial charge is 0.383 e. The maximum absolute atomic E-state index is 12.7. The Morgan fingerprint density at radius 2 is 1.81 bits per heavy atom. The third kappa shape index (κ3) is 4.39. The molecule has 6 nitrogen and oxygen atoms in total. The highest BCUT2D eigenvalue weighted by molar-refractivity contribution is 6.07. The van der Waals surface area contributed by atoms with Crippen LogP contribution in [-0.4, -0.2) is 40.5 Å². The van der Waals surface area contributed by atoms with Gasteiger partial charge in [-0.2, -0.15) is 5.10 Å². The summed E-state index contributed by atoms with van der Waals surface area (Å²) in [7, 11) is 5.33. The number of nitrogens with zero attached hydrogens (tertiary/aromatic N) is 3. The van der Waals surface area contributed by atoms with Gasteiger partial charge >= 0.3 is 0 Å². The predicted molar refractivity (Wildman–Crippen MR) is 104 cm³/mol. The first-order valence-electron chi connectivity index (χ1n) is 8.72. The summed E-state index contributed by atoms with van der Waals surface area (Å²) in [4.78, 5) is 26.7. The van der Waals surface area contributed by atoms with Crippen LogP contribution < -0.4 is 5.32 Å². The molecule has 1 heterocycles. The van der Waals surface area contributed by atoms with Crippen molar-refractivity contribution in [3.63, 3.8) is 0 Å². The molecule has 1 aromatic carbocycles. The molecule has 0 aliphatic rings. The number of carbonyl (C=O) groups is 2. The molecule has 0 spiro atoms. The Hall–Kier alpha value is -2.89. The molecular weight excluding hydrogens is 328 g/mol. The maximum Gasteiger partial charge on any atom is 0.276 e. The average Bonchev–Trinajstić information content (AvgIpc) is 3.01. The lowest BCUT2D eigenvalue weighted by molar-refractivity contribution is 0.101. The van der Waals surface area contributed by atoms with Crippen LogP contribution in [0.1, 0.15) is 46.0 Å². The van der Waals surface area contributed by atoms with Crippen molar-refractivity contribution in [2.45, 2.75) is 26.7 Å². The summed E-state index contributed by atoms with van der Waals surface area (Å²) in [6, 6.07) is 7.54. The van der Waals surface area contributed by atoms with Gasteiger partial charge in [0.05, 0.1) is 0 Å². The molecule has 0 fully saturated rings. The van der Waals surface area contributed by atoms with Gasteiger partial charge in [0, 0.05) is 45.2 Å². The molecule has 0 bridgehead atoms. The Morgan fingerprint density at radius 3 is 2.35 bits per heavy atom. The number of rotatable bonds is 7. The lowest BCUT2D eigenvalue weighted by atomic mass is 10.0. The highest BCUT2D eigenvalue weighted by Crippen LogP contribution is 2.23. The molecule has 0 saturated heterocycles. The minimum absolute atomic E-state index is 0.198. The molecule has 0 aliphatic heterocycles. The van der Waals surface area contributed by atoms with E-state index in [-0.39, 0.29) is 17.4 Å². The van der Waals surface area contributed by atoms with Crippen LogP contribution in [0.4, 0.5) is 5.69 Å². The highest BCUT2D eigenvalue weighted by Gasteiger charge is 2.18. The Bertz CT molecular complexity index is 812. The molecule has 1 amide bonds. The van der Waals surface area contributed by atoms with E-state index in [0.29, 0.717) is 5.69 Å². The third-order valence-corrected chi connectivity index (χ3v) is 4.13. The quantitative estimate of drug-likeness (QED) is 0.613. The monoisotopic (exact) mass is 354 g/mol. The first kappa shape index (κ1) is 19.4. The number of amides is 1. The molecule has 0 radical (unpaired) electrons. The molecule has 138 valence electrons. The maximum atomic E-state index is 12.7. The van der Waals surface area contributed by atoms with Crippen LogP contribution in [0.15, 0.2) is 36.5 Å². The van der Waals surface area contributed by atoms with Crippen molar-refractivity contribution in [1.82, 2.24) is 14.7 Å². The molecule has 0 atom stereocenters. The number of allylic oxidation sites excluding steroid dienone is 1. The zero-order valence-electron chi connectivity index (χ0n) is 16.0. The number of nitrogens with one attached hydrogen (secondary N) is 1. The van der Waals surface area contributed by atoms with Crippen molar-refractivity contribution in [3.05, 3.63) is 59.1 Å². The molecular formula is C20H26N4O2. The van der Waals surface area contributed by atoms with Crippen molar-refractivity contribution in [2.24, 2.45) is 7.05 Å². The summed E-state index contributed by atoms with van der Waals surface area (Å²) < 4.78 is 1.43. The van der Waals surface area contributed by atoms with Gasteiger partial charge in [0.1, 0.15) is 5.69 Å². The third-order valence-electron chi connectivity index (χ3n) is 4.13. The molecule has 26 heavy (non-hydrogen) atoms. The number of benzene rings is 1. The number of para-hydroxylation sites is 1. The van der Waals surface area contributed by atoms with Crippen molar-refractivity contribution < 1.29 is 9.59 Å². The van der Waals surface area contributed by atoms with E-state index in [4.69, 9.17) is 0 Å². The number of aryl methyl sites for hydroxylation is 3.